The Balaban J connectivity index is 2.45. The highest BCUT2D eigenvalue weighted by atomic mass is 16.4. The van der Waals surface area contributed by atoms with Crippen molar-refractivity contribution in [1.82, 2.24) is 4.98 Å². The minimum absolute atomic E-state index is 0.0157. The van der Waals surface area contributed by atoms with Gasteiger partial charge in [-0.1, -0.05) is 0 Å². The first kappa shape index (κ1) is 15.1. The lowest BCUT2D eigenvalue weighted by atomic mass is 10.2. The summed E-state index contributed by atoms with van der Waals surface area (Å²) < 4.78 is 0. The lowest BCUT2D eigenvalue weighted by molar-refractivity contribution is -0.682. The van der Waals surface area contributed by atoms with Crippen molar-refractivity contribution in [2.45, 2.75) is 18.9 Å². The number of nitrogens with one attached hydrogen (secondary N) is 1. The molecule has 1 amide bonds. The molecule has 7 nitrogen and oxygen atoms in total. The number of carboxylic acids is 1. The molecule has 7 heteroatoms. The van der Waals surface area contributed by atoms with Gasteiger partial charge in [-0.25, -0.2) is 0 Å². The summed E-state index contributed by atoms with van der Waals surface area (Å²) in [6.45, 7) is 0.410. The second kappa shape index (κ2) is 8.17. The maximum absolute atomic E-state index is 11.7. The Labute approximate surface area is 110 Å². The molecule has 1 aromatic heterocycles. The van der Waals surface area contributed by atoms with E-state index in [1.54, 1.807) is 18.3 Å². The Morgan fingerprint density at radius 2 is 2.32 bits per heavy atom. The monoisotopic (exact) mass is 267 g/mol. The summed E-state index contributed by atoms with van der Waals surface area (Å²) in [5.74, 6) is -1.71. The Morgan fingerprint density at radius 3 is 2.89 bits per heavy atom. The van der Waals surface area contributed by atoms with Crippen LogP contribution in [0.3, 0.4) is 0 Å². The largest absolute Gasteiger partial charge is 0.544 e. The number of amides is 1. The van der Waals surface area contributed by atoms with Crippen LogP contribution in [0.5, 0.6) is 0 Å². The lowest BCUT2D eigenvalue weighted by Crippen LogP contribution is -2.93. The van der Waals surface area contributed by atoms with Gasteiger partial charge in [-0.3, -0.25) is 9.78 Å². The fraction of sp³-hybridized carbons (Fsp3) is 0.417. The summed E-state index contributed by atoms with van der Waals surface area (Å²) in [4.78, 5) is 26.4. The van der Waals surface area contributed by atoms with Gasteiger partial charge in [0.05, 0.1) is 30.8 Å². The molecular weight excluding hydrogens is 250 g/mol. The highest BCUT2D eigenvalue weighted by Crippen LogP contribution is 2.03. The van der Waals surface area contributed by atoms with E-state index < -0.39 is 17.9 Å². The van der Waals surface area contributed by atoms with Crippen LogP contribution < -0.4 is 15.7 Å². The van der Waals surface area contributed by atoms with Gasteiger partial charge in [0, 0.05) is 19.2 Å². The number of aliphatic hydroxyl groups is 1. The molecule has 1 rings (SSSR count). The van der Waals surface area contributed by atoms with Gasteiger partial charge in [0.15, 0.2) is 0 Å². The van der Waals surface area contributed by atoms with Crippen LogP contribution in [-0.2, 0) is 9.59 Å². The maximum atomic E-state index is 11.7. The molecule has 1 atom stereocenters. The molecule has 104 valence electrons. The van der Waals surface area contributed by atoms with Gasteiger partial charge in [-0.05, 0) is 12.1 Å². The van der Waals surface area contributed by atoms with Crippen LogP contribution in [-0.4, -0.2) is 41.2 Å². The number of nitrogens with two attached hydrogens (primary N) is 1. The second-order valence-corrected chi connectivity index (χ2v) is 4.02. The van der Waals surface area contributed by atoms with E-state index in [2.05, 4.69) is 10.3 Å². The van der Waals surface area contributed by atoms with E-state index in [1.165, 1.54) is 11.5 Å². The van der Waals surface area contributed by atoms with Crippen LogP contribution in [0.1, 0.15) is 12.8 Å². The van der Waals surface area contributed by atoms with E-state index in [-0.39, 0.29) is 13.0 Å². The Morgan fingerprint density at radius 1 is 1.53 bits per heavy atom. The molecule has 0 aromatic carbocycles. The van der Waals surface area contributed by atoms with Gasteiger partial charge in [0.1, 0.15) is 6.04 Å². The molecule has 1 heterocycles. The highest BCUT2D eigenvalue weighted by Gasteiger charge is 2.17. The van der Waals surface area contributed by atoms with Crippen LogP contribution in [0.15, 0.2) is 24.5 Å². The van der Waals surface area contributed by atoms with Crippen LogP contribution in [0, 0.1) is 0 Å². The summed E-state index contributed by atoms with van der Waals surface area (Å²) in [5.41, 5.74) is 0.514. The molecule has 19 heavy (non-hydrogen) atoms. The van der Waals surface area contributed by atoms with Gasteiger partial charge < -0.3 is 25.6 Å². The van der Waals surface area contributed by atoms with Gasteiger partial charge in [0.2, 0.25) is 5.91 Å². The third kappa shape index (κ3) is 5.94. The highest BCUT2D eigenvalue weighted by molar-refractivity contribution is 5.93. The minimum atomic E-state index is -1.29. The van der Waals surface area contributed by atoms with Crippen molar-refractivity contribution in [2.24, 2.45) is 0 Å². The summed E-state index contributed by atoms with van der Waals surface area (Å²) in [6.07, 6.45) is 3.32. The molecule has 1 aromatic rings. The van der Waals surface area contributed by atoms with Crippen molar-refractivity contribution < 1.29 is 25.1 Å². The third-order valence-corrected chi connectivity index (χ3v) is 2.47. The third-order valence-electron chi connectivity index (χ3n) is 2.47. The van der Waals surface area contributed by atoms with Gasteiger partial charge in [-0.2, -0.15) is 0 Å². The number of carboxylic acid groups (broad SMARTS) is 1. The van der Waals surface area contributed by atoms with E-state index in [4.69, 9.17) is 5.11 Å². The molecule has 0 bridgehead atoms. The molecule has 0 spiro atoms. The molecule has 0 aliphatic carbocycles. The van der Waals surface area contributed by atoms with Gasteiger partial charge >= 0.3 is 0 Å². The minimum Gasteiger partial charge on any atom is -0.544 e. The molecule has 0 saturated carbocycles. The fourth-order valence-corrected chi connectivity index (χ4v) is 1.52. The number of aromatic nitrogens is 1. The smallest absolute Gasteiger partial charge is 0.230 e. The quantitative estimate of drug-likeness (QED) is 0.449. The van der Waals surface area contributed by atoms with E-state index in [0.29, 0.717) is 18.7 Å². The number of quaternary nitrogens is 1. The zero-order valence-electron chi connectivity index (χ0n) is 10.4. The van der Waals surface area contributed by atoms with E-state index in [0.717, 1.165) is 0 Å². The van der Waals surface area contributed by atoms with E-state index >= 15 is 0 Å². The van der Waals surface area contributed by atoms with Crippen LogP contribution in [0.25, 0.3) is 0 Å². The number of pyridine rings is 1. The van der Waals surface area contributed by atoms with Crippen molar-refractivity contribution in [3.8, 4) is 0 Å². The fourth-order valence-electron chi connectivity index (χ4n) is 1.52. The standard InChI is InChI=1S/C12H17N3O4/c16-6-2-5-14-10(12(18)19)7-11(17)15-9-3-1-4-13-8-9/h1,3-4,8,10,14,16H,2,5-7H2,(H,15,17)(H,18,19)/t10-/m1/s1. The molecule has 0 radical (unpaired) electrons. The second-order valence-electron chi connectivity index (χ2n) is 4.02. The van der Waals surface area contributed by atoms with Crippen molar-refractivity contribution in [3.63, 3.8) is 0 Å². The zero-order valence-corrected chi connectivity index (χ0v) is 10.4. The van der Waals surface area contributed by atoms with Crippen LogP contribution in [0.4, 0.5) is 5.69 Å². The van der Waals surface area contributed by atoms with Gasteiger partial charge in [0.25, 0.3) is 0 Å². The number of carbonyl (C=O) groups is 2. The first-order valence-corrected chi connectivity index (χ1v) is 5.98. The maximum Gasteiger partial charge on any atom is 0.230 e. The summed E-state index contributed by atoms with van der Waals surface area (Å²) in [7, 11) is 0. The van der Waals surface area contributed by atoms with Crippen molar-refractivity contribution in [1.29, 1.82) is 0 Å². The van der Waals surface area contributed by atoms with Crippen molar-refractivity contribution in [2.75, 3.05) is 18.5 Å². The number of hydrogen-bond acceptors (Lipinski definition) is 5. The SMILES string of the molecule is O=C(C[C@@H]([NH2+]CCCO)C(=O)[O-])Nc1cccnc1. The van der Waals surface area contributed by atoms with Crippen molar-refractivity contribution in [3.05, 3.63) is 24.5 Å². The first-order chi connectivity index (χ1) is 9.13. The average molecular weight is 267 g/mol. The predicted molar refractivity (Wildman–Crippen MR) is 64.8 cm³/mol. The number of anilines is 1. The van der Waals surface area contributed by atoms with Crippen LogP contribution in [0.2, 0.25) is 0 Å². The van der Waals surface area contributed by atoms with Crippen LogP contribution >= 0.6 is 0 Å². The first-order valence-electron chi connectivity index (χ1n) is 5.98. The molecule has 0 saturated heterocycles. The van der Waals surface area contributed by atoms with Gasteiger partial charge in [-0.15, -0.1) is 0 Å². The number of rotatable bonds is 8. The predicted octanol–water partition coefficient (Wildman–Crippen LogP) is -2.53. The number of hydrogen-bond donors (Lipinski definition) is 3. The molecule has 4 N–H and O–H groups in total. The topological polar surface area (TPSA) is 119 Å². The number of aliphatic hydroxyl groups excluding tert-OH is 1. The van der Waals surface area contributed by atoms with E-state index in [9.17, 15) is 14.7 Å². The summed E-state index contributed by atoms with van der Waals surface area (Å²) >= 11 is 0. The number of nitrogens with zero attached hydrogens (tertiary/aromatic N) is 1. The molecular formula is C12H17N3O4. The molecule has 0 aliphatic heterocycles. The zero-order chi connectivity index (χ0) is 14.1. The normalized spacial score (nSPS) is 11.8. The Hall–Kier alpha value is -1.99. The summed E-state index contributed by atoms with van der Waals surface area (Å²) in [5, 5.41) is 23.5. The Kier molecular flexibility index (Phi) is 6.48. The summed E-state index contributed by atoms with van der Waals surface area (Å²) in [6, 6.07) is 2.37. The average Bonchev–Trinajstić information content (AvgIpc) is 2.38. The number of aliphatic carboxylic acids is 1. The molecule has 0 unspecified atom stereocenters. The lowest BCUT2D eigenvalue weighted by Gasteiger charge is -2.16. The number of carbonyl (C=O) groups excluding carboxylic acids is 2. The molecule has 0 fully saturated rings. The Bertz CT molecular complexity index is 411. The molecule has 0 aliphatic rings. The van der Waals surface area contributed by atoms with Crippen molar-refractivity contribution >= 4 is 17.6 Å². The van der Waals surface area contributed by atoms with E-state index in [1.807, 2.05) is 0 Å².